The number of aliphatic carboxylic acids is 1. The number of carboxylic acid groups (broad SMARTS) is 1. The summed E-state index contributed by atoms with van der Waals surface area (Å²) in [6.45, 7) is 0. The second-order valence-corrected chi connectivity index (χ2v) is 6.65. The summed E-state index contributed by atoms with van der Waals surface area (Å²) < 4.78 is 27.3. The molecule has 0 aliphatic carbocycles. The van der Waals surface area contributed by atoms with Gasteiger partial charge in [0, 0.05) is 0 Å². The van der Waals surface area contributed by atoms with E-state index in [-0.39, 0.29) is 6.42 Å². The first-order valence-corrected chi connectivity index (χ1v) is 7.88. The van der Waals surface area contributed by atoms with E-state index in [1.165, 1.54) is 11.3 Å². The highest BCUT2D eigenvalue weighted by Gasteiger charge is 2.05. The zero-order valence-corrected chi connectivity index (χ0v) is 12.1. The molecule has 0 fully saturated rings. The number of carboxylic acids is 1. The van der Waals surface area contributed by atoms with E-state index in [1.807, 2.05) is 6.07 Å². The summed E-state index contributed by atoms with van der Waals surface area (Å²) in [4.78, 5) is 14.5. The normalized spacial score (nSPS) is 10.9. The average Bonchev–Trinajstić information content (AvgIpc) is 2.53. The van der Waals surface area contributed by atoms with Gasteiger partial charge in [-0.3, -0.25) is 9.35 Å². The minimum Gasteiger partial charge on any atom is -0.481 e. The van der Waals surface area contributed by atoms with Crippen LogP contribution >= 0.6 is 22.9 Å². The molecule has 19 heavy (non-hydrogen) atoms. The maximum absolute atomic E-state index is 10.5. The summed E-state index contributed by atoms with van der Waals surface area (Å²) in [5.74, 6) is -0.833. The molecule has 0 saturated carbocycles. The lowest BCUT2D eigenvalue weighted by Gasteiger charge is -1.95. The van der Waals surface area contributed by atoms with Crippen LogP contribution in [0.15, 0.2) is 18.2 Å². The number of carbonyl (C=O) groups is 1. The monoisotopic (exact) mass is 323 g/mol. The quantitative estimate of drug-likeness (QED) is 0.820. The number of nitrogens with zero attached hydrogens (tertiary/aromatic N) is 1. The molecule has 1 heterocycles. The first-order chi connectivity index (χ1) is 8.65. The second kappa shape index (κ2) is 6.29. The molecule has 2 aromatic rings. The molecular formula is C10H10ClNO5S2. The fourth-order valence-corrected chi connectivity index (χ4v) is 2.32. The summed E-state index contributed by atoms with van der Waals surface area (Å²) in [5, 5.41) is 8.61. The van der Waals surface area contributed by atoms with E-state index in [4.69, 9.17) is 21.3 Å². The predicted molar refractivity (Wildman–Crippen MR) is 73.4 cm³/mol. The van der Waals surface area contributed by atoms with Gasteiger partial charge in [-0.15, -0.1) is 11.3 Å². The molecule has 9 heteroatoms. The van der Waals surface area contributed by atoms with E-state index < -0.39 is 16.1 Å². The number of thiazole rings is 1. The van der Waals surface area contributed by atoms with Crippen LogP contribution in [0, 0.1) is 0 Å². The zero-order chi connectivity index (χ0) is 14.6. The van der Waals surface area contributed by atoms with Gasteiger partial charge >= 0.3 is 5.97 Å². The fraction of sp³-hybridized carbons (Fsp3) is 0.200. The first kappa shape index (κ1) is 15.8. The third kappa shape index (κ3) is 6.48. The van der Waals surface area contributed by atoms with Crippen molar-refractivity contribution in [3.05, 3.63) is 28.2 Å². The van der Waals surface area contributed by atoms with Gasteiger partial charge in [-0.25, -0.2) is 4.98 Å². The molecular weight excluding hydrogens is 314 g/mol. The summed E-state index contributed by atoms with van der Waals surface area (Å²) in [6.07, 6.45) is 0.748. The molecule has 0 radical (unpaired) electrons. The van der Waals surface area contributed by atoms with Crippen LogP contribution < -0.4 is 0 Å². The van der Waals surface area contributed by atoms with E-state index in [2.05, 4.69) is 4.98 Å². The Morgan fingerprint density at radius 1 is 1.47 bits per heavy atom. The molecule has 0 bridgehead atoms. The van der Waals surface area contributed by atoms with E-state index in [9.17, 15) is 13.2 Å². The number of hydrogen-bond acceptors (Lipinski definition) is 5. The van der Waals surface area contributed by atoms with Crippen LogP contribution in [0.1, 0.15) is 5.56 Å². The standard InChI is InChI=1S/C9H6ClNO2S.CH4O3S/c10-9-11-6-2-1-5(4-8(12)13)3-7(6)14-9;1-5(2,3)4/h1-3H,4H2,(H,12,13);1H3,(H,2,3,4). The topological polar surface area (TPSA) is 105 Å². The summed E-state index contributed by atoms with van der Waals surface area (Å²) in [7, 11) is -3.67. The van der Waals surface area contributed by atoms with Crippen LogP contribution in [0.25, 0.3) is 10.2 Å². The van der Waals surface area contributed by atoms with Gasteiger partial charge in [-0.05, 0) is 17.7 Å². The Labute approximate surface area is 118 Å². The minimum atomic E-state index is -3.67. The van der Waals surface area contributed by atoms with Gasteiger partial charge in [0.15, 0.2) is 4.47 Å². The van der Waals surface area contributed by atoms with E-state index in [1.54, 1.807) is 12.1 Å². The Morgan fingerprint density at radius 3 is 2.58 bits per heavy atom. The molecule has 0 spiro atoms. The number of rotatable bonds is 2. The first-order valence-electron chi connectivity index (χ1n) is 4.84. The van der Waals surface area contributed by atoms with Crippen molar-refractivity contribution in [2.45, 2.75) is 6.42 Å². The van der Waals surface area contributed by atoms with Gasteiger partial charge in [0.05, 0.1) is 22.9 Å². The molecule has 104 valence electrons. The smallest absolute Gasteiger partial charge is 0.307 e. The third-order valence-corrected chi connectivity index (χ3v) is 2.90. The van der Waals surface area contributed by atoms with Crippen molar-refractivity contribution in [2.24, 2.45) is 0 Å². The minimum absolute atomic E-state index is 0.0332. The van der Waals surface area contributed by atoms with E-state index in [0.29, 0.717) is 10.7 Å². The maximum atomic E-state index is 10.5. The average molecular weight is 324 g/mol. The van der Waals surface area contributed by atoms with E-state index >= 15 is 0 Å². The largest absolute Gasteiger partial charge is 0.481 e. The van der Waals surface area contributed by atoms with Gasteiger partial charge < -0.3 is 5.11 Å². The number of hydrogen-bond donors (Lipinski definition) is 2. The van der Waals surface area contributed by atoms with Crippen LogP contribution in [0.4, 0.5) is 0 Å². The Hall–Kier alpha value is -1.22. The van der Waals surface area contributed by atoms with Gasteiger partial charge in [-0.2, -0.15) is 8.42 Å². The summed E-state index contributed by atoms with van der Waals surface area (Å²) in [6, 6.07) is 5.36. The Kier molecular flexibility index (Phi) is 5.24. The highest BCUT2D eigenvalue weighted by Crippen LogP contribution is 2.26. The molecule has 2 rings (SSSR count). The van der Waals surface area contributed by atoms with Crippen LogP contribution in [-0.4, -0.2) is 35.3 Å². The van der Waals surface area contributed by atoms with Crippen molar-refractivity contribution in [2.75, 3.05) is 6.26 Å². The van der Waals surface area contributed by atoms with Crippen LogP contribution in [0.3, 0.4) is 0 Å². The van der Waals surface area contributed by atoms with Crippen LogP contribution in [0.5, 0.6) is 0 Å². The van der Waals surface area contributed by atoms with Crippen LogP contribution in [-0.2, 0) is 21.3 Å². The lowest BCUT2D eigenvalue weighted by atomic mass is 10.1. The predicted octanol–water partition coefficient (Wildman–Crippen LogP) is 2.08. The lowest BCUT2D eigenvalue weighted by Crippen LogP contribution is -1.99. The molecule has 0 saturated heterocycles. The summed E-state index contributed by atoms with van der Waals surface area (Å²) >= 11 is 7.09. The molecule has 0 unspecified atom stereocenters. The molecule has 0 aliphatic rings. The van der Waals surface area contributed by atoms with Crippen molar-refractivity contribution in [1.82, 2.24) is 4.98 Å². The molecule has 0 amide bonds. The number of fused-ring (bicyclic) bond motifs is 1. The fourth-order valence-electron chi connectivity index (χ4n) is 1.23. The van der Waals surface area contributed by atoms with Crippen molar-refractivity contribution < 1.29 is 22.9 Å². The Morgan fingerprint density at radius 2 is 2.05 bits per heavy atom. The van der Waals surface area contributed by atoms with Crippen molar-refractivity contribution in [3.63, 3.8) is 0 Å². The second-order valence-electron chi connectivity index (χ2n) is 3.57. The molecule has 6 nitrogen and oxygen atoms in total. The molecule has 1 aromatic heterocycles. The van der Waals surface area contributed by atoms with Gasteiger partial charge in [0.2, 0.25) is 0 Å². The molecule has 0 atom stereocenters. The zero-order valence-electron chi connectivity index (χ0n) is 9.70. The highest BCUT2D eigenvalue weighted by molar-refractivity contribution is 7.85. The SMILES string of the molecule is CS(=O)(=O)O.O=C(O)Cc1ccc2nc(Cl)sc2c1. The van der Waals surface area contributed by atoms with Crippen molar-refractivity contribution in [1.29, 1.82) is 0 Å². The van der Waals surface area contributed by atoms with Gasteiger partial charge in [0.25, 0.3) is 10.1 Å². The third-order valence-electron chi connectivity index (χ3n) is 1.78. The number of aromatic nitrogens is 1. The maximum Gasteiger partial charge on any atom is 0.307 e. The van der Waals surface area contributed by atoms with Gasteiger partial charge in [-0.1, -0.05) is 17.7 Å². The lowest BCUT2D eigenvalue weighted by molar-refractivity contribution is -0.136. The molecule has 2 N–H and O–H groups in total. The van der Waals surface area contributed by atoms with E-state index in [0.717, 1.165) is 15.8 Å². The van der Waals surface area contributed by atoms with Gasteiger partial charge in [0.1, 0.15) is 0 Å². The number of halogens is 1. The number of benzene rings is 1. The molecule has 0 aliphatic heterocycles. The summed E-state index contributed by atoms with van der Waals surface area (Å²) in [5.41, 5.74) is 1.58. The van der Waals surface area contributed by atoms with Crippen molar-refractivity contribution >= 4 is 49.2 Å². The molecule has 1 aromatic carbocycles. The Balaban J connectivity index is 0.000000312. The Bertz CT molecular complexity index is 687. The van der Waals surface area contributed by atoms with Crippen molar-refractivity contribution in [3.8, 4) is 0 Å². The highest BCUT2D eigenvalue weighted by atomic mass is 35.5. The van der Waals surface area contributed by atoms with Crippen LogP contribution in [0.2, 0.25) is 4.47 Å².